The minimum Gasteiger partial charge on any atom is -0.287 e. The standard InChI is InChI=1S/C14H12FNO3S/c1-9-3-5-11(6-4-9)20(18,19)16-13-8-12(15)14(17)7-10(13)2/h3-8H,1-2H3/b16-13-. The quantitative estimate of drug-likeness (QED) is 0.787. The van der Waals surface area contributed by atoms with Gasteiger partial charge in [-0.2, -0.15) is 12.8 Å². The first-order chi connectivity index (χ1) is 9.29. The molecule has 0 spiro atoms. The van der Waals surface area contributed by atoms with Crippen LogP contribution in [-0.4, -0.2) is 19.9 Å². The summed E-state index contributed by atoms with van der Waals surface area (Å²) in [6, 6.07) is 6.16. The summed E-state index contributed by atoms with van der Waals surface area (Å²) in [5.41, 5.74) is 1.16. The second-order valence-electron chi connectivity index (χ2n) is 4.45. The SMILES string of the molecule is CC1=CC(=O)C(F)=C/C1=N/S(=O)(=O)c1ccc(C)cc1. The molecule has 0 radical (unpaired) electrons. The average Bonchev–Trinajstić information content (AvgIpc) is 2.36. The molecule has 0 bridgehead atoms. The number of carbonyl (C=O) groups is 1. The van der Waals surface area contributed by atoms with Gasteiger partial charge < -0.3 is 0 Å². The van der Waals surface area contributed by atoms with Crippen molar-refractivity contribution in [2.24, 2.45) is 4.40 Å². The van der Waals surface area contributed by atoms with Gasteiger partial charge >= 0.3 is 0 Å². The Morgan fingerprint density at radius 1 is 1.05 bits per heavy atom. The van der Waals surface area contributed by atoms with Gasteiger partial charge in [-0.15, -0.1) is 0 Å². The second-order valence-corrected chi connectivity index (χ2v) is 6.05. The molecule has 1 aromatic carbocycles. The smallest absolute Gasteiger partial charge is 0.282 e. The average molecular weight is 293 g/mol. The van der Waals surface area contributed by atoms with Crippen molar-refractivity contribution in [2.75, 3.05) is 0 Å². The highest BCUT2D eigenvalue weighted by Gasteiger charge is 2.19. The highest BCUT2D eigenvalue weighted by Crippen LogP contribution is 2.18. The van der Waals surface area contributed by atoms with Crippen molar-refractivity contribution in [2.45, 2.75) is 18.7 Å². The maximum atomic E-state index is 13.2. The van der Waals surface area contributed by atoms with Crippen LogP contribution in [0.4, 0.5) is 4.39 Å². The molecule has 0 unspecified atom stereocenters. The van der Waals surface area contributed by atoms with Crippen molar-refractivity contribution in [1.82, 2.24) is 0 Å². The van der Waals surface area contributed by atoms with Crippen LogP contribution in [0.2, 0.25) is 0 Å². The number of hydrogen-bond acceptors (Lipinski definition) is 3. The Bertz CT molecular complexity index is 756. The summed E-state index contributed by atoms with van der Waals surface area (Å²) in [6.45, 7) is 3.34. The summed E-state index contributed by atoms with van der Waals surface area (Å²) >= 11 is 0. The van der Waals surface area contributed by atoms with Crippen LogP contribution in [0.1, 0.15) is 12.5 Å². The molecule has 0 heterocycles. The Labute approximate surface area is 116 Å². The lowest BCUT2D eigenvalue weighted by molar-refractivity contribution is -0.112. The van der Waals surface area contributed by atoms with Gasteiger partial charge in [-0.1, -0.05) is 17.7 Å². The largest absolute Gasteiger partial charge is 0.287 e. The van der Waals surface area contributed by atoms with Crippen LogP contribution in [-0.2, 0) is 14.8 Å². The van der Waals surface area contributed by atoms with Gasteiger partial charge in [0.15, 0.2) is 5.83 Å². The number of rotatable bonds is 2. The van der Waals surface area contributed by atoms with E-state index < -0.39 is 21.6 Å². The van der Waals surface area contributed by atoms with Crippen molar-refractivity contribution in [3.05, 3.63) is 53.4 Å². The number of benzene rings is 1. The Hall–Kier alpha value is -2.08. The van der Waals surface area contributed by atoms with Crippen LogP contribution in [0.25, 0.3) is 0 Å². The topological polar surface area (TPSA) is 63.6 Å². The predicted octanol–water partition coefficient (Wildman–Crippen LogP) is 2.51. The Morgan fingerprint density at radius 2 is 1.65 bits per heavy atom. The van der Waals surface area contributed by atoms with Gasteiger partial charge in [0.2, 0.25) is 5.78 Å². The minimum atomic E-state index is -3.93. The molecule has 0 saturated carbocycles. The second kappa shape index (κ2) is 5.13. The van der Waals surface area contributed by atoms with Gasteiger partial charge in [0.1, 0.15) is 0 Å². The molecule has 0 aromatic heterocycles. The summed E-state index contributed by atoms with van der Waals surface area (Å²) in [5.74, 6) is -1.80. The number of carbonyl (C=O) groups excluding carboxylic acids is 1. The number of allylic oxidation sites excluding steroid dienone is 4. The number of nitrogens with zero attached hydrogens (tertiary/aromatic N) is 1. The predicted molar refractivity (Wildman–Crippen MR) is 73.8 cm³/mol. The van der Waals surface area contributed by atoms with Crippen LogP contribution >= 0.6 is 0 Å². The van der Waals surface area contributed by atoms with Crippen molar-refractivity contribution < 1.29 is 17.6 Å². The van der Waals surface area contributed by atoms with Gasteiger partial charge in [-0.05, 0) is 37.6 Å². The third-order valence-corrected chi connectivity index (χ3v) is 4.09. The van der Waals surface area contributed by atoms with Crippen LogP contribution in [0.3, 0.4) is 0 Å². The van der Waals surface area contributed by atoms with E-state index in [4.69, 9.17) is 0 Å². The Morgan fingerprint density at radius 3 is 2.25 bits per heavy atom. The fourth-order valence-electron chi connectivity index (χ4n) is 1.64. The zero-order valence-corrected chi connectivity index (χ0v) is 11.7. The lowest BCUT2D eigenvalue weighted by Gasteiger charge is -2.07. The summed E-state index contributed by atoms with van der Waals surface area (Å²) in [4.78, 5) is 11.1. The third kappa shape index (κ3) is 2.91. The van der Waals surface area contributed by atoms with E-state index in [2.05, 4.69) is 4.40 Å². The van der Waals surface area contributed by atoms with Gasteiger partial charge in [-0.3, -0.25) is 4.79 Å². The molecule has 4 nitrogen and oxygen atoms in total. The first-order valence-electron chi connectivity index (χ1n) is 5.81. The monoisotopic (exact) mass is 293 g/mol. The van der Waals surface area contributed by atoms with Crippen LogP contribution in [0, 0.1) is 6.92 Å². The summed E-state index contributed by atoms with van der Waals surface area (Å²) < 4.78 is 41.0. The lowest BCUT2D eigenvalue weighted by Crippen LogP contribution is -2.11. The number of hydrogen-bond donors (Lipinski definition) is 0. The number of sulfonamides is 1. The molecule has 0 aliphatic heterocycles. The van der Waals surface area contributed by atoms with E-state index in [1.54, 1.807) is 12.1 Å². The van der Waals surface area contributed by atoms with Crippen molar-refractivity contribution in [3.8, 4) is 0 Å². The molecule has 104 valence electrons. The molecular weight excluding hydrogens is 281 g/mol. The van der Waals surface area contributed by atoms with Gasteiger partial charge in [0.05, 0.1) is 10.6 Å². The van der Waals surface area contributed by atoms with Gasteiger partial charge in [0, 0.05) is 6.08 Å². The van der Waals surface area contributed by atoms with Crippen LogP contribution < -0.4 is 0 Å². The van der Waals surface area contributed by atoms with Gasteiger partial charge in [0.25, 0.3) is 10.0 Å². The molecule has 0 N–H and O–H groups in total. The Balaban J connectivity index is 2.46. The number of aryl methyl sites for hydroxylation is 1. The molecule has 1 aliphatic rings. The zero-order valence-electron chi connectivity index (χ0n) is 10.9. The molecule has 6 heteroatoms. The minimum absolute atomic E-state index is 0.0223. The summed E-state index contributed by atoms with van der Waals surface area (Å²) in [5, 5.41) is 0. The van der Waals surface area contributed by atoms with Crippen molar-refractivity contribution in [3.63, 3.8) is 0 Å². The lowest BCUT2D eigenvalue weighted by atomic mass is 10.0. The van der Waals surface area contributed by atoms with E-state index in [-0.39, 0.29) is 10.6 Å². The molecule has 0 fully saturated rings. The fourth-order valence-corrected chi connectivity index (χ4v) is 2.68. The molecule has 1 aliphatic carbocycles. The van der Waals surface area contributed by atoms with Gasteiger partial charge in [-0.25, -0.2) is 4.39 Å². The summed E-state index contributed by atoms with van der Waals surface area (Å²) in [7, 11) is -3.93. The molecule has 2 rings (SSSR count). The van der Waals surface area contributed by atoms with E-state index >= 15 is 0 Å². The molecule has 20 heavy (non-hydrogen) atoms. The molecule has 1 aromatic rings. The van der Waals surface area contributed by atoms with Crippen molar-refractivity contribution >= 4 is 21.5 Å². The van der Waals surface area contributed by atoms with E-state index in [0.717, 1.165) is 17.7 Å². The maximum Gasteiger partial charge on any atom is 0.282 e. The van der Waals surface area contributed by atoms with E-state index in [1.165, 1.54) is 19.1 Å². The number of halogens is 1. The van der Waals surface area contributed by atoms with Crippen LogP contribution in [0.15, 0.2) is 57.1 Å². The Kier molecular flexibility index (Phi) is 3.67. The highest BCUT2D eigenvalue weighted by atomic mass is 32.2. The van der Waals surface area contributed by atoms with Crippen molar-refractivity contribution in [1.29, 1.82) is 0 Å². The van der Waals surface area contributed by atoms with E-state index in [0.29, 0.717) is 5.57 Å². The number of ketones is 1. The van der Waals surface area contributed by atoms with E-state index in [9.17, 15) is 17.6 Å². The van der Waals surface area contributed by atoms with Crippen LogP contribution in [0.5, 0.6) is 0 Å². The first kappa shape index (κ1) is 14.3. The third-order valence-electron chi connectivity index (χ3n) is 2.79. The molecule has 0 saturated heterocycles. The maximum absolute atomic E-state index is 13.2. The molecular formula is C14H12FNO3S. The molecule has 0 amide bonds. The highest BCUT2D eigenvalue weighted by molar-refractivity contribution is 7.90. The normalized spacial score (nSPS) is 17.9. The fraction of sp³-hybridized carbons (Fsp3) is 0.143. The zero-order chi connectivity index (χ0) is 14.9. The molecule has 0 atom stereocenters. The summed E-state index contributed by atoms with van der Waals surface area (Å²) in [6.07, 6.45) is 1.86. The first-order valence-corrected chi connectivity index (χ1v) is 7.25. The van der Waals surface area contributed by atoms with E-state index in [1.807, 2.05) is 6.92 Å².